The molecule has 0 radical (unpaired) electrons. The second kappa shape index (κ2) is 6.71. The summed E-state index contributed by atoms with van der Waals surface area (Å²) in [4.78, 5) is 12.3. The summed E-state index contributed by atoms with van der Waals surface area (Å²) in [7, 11) is 0. The topological polar surface area (TPSA) is 68.3 Å². The number of halogens is 1. The van der Waals surface area contributed by atoms with E-state index in [-0.39, 0.29) is 30.4 Å². The molecule has 0 bridgehead atoms. The van der Waals surface area contributed by atoms with Gasteiger partial charge in [-0.1, -0.05) is 0 Å². The lowest BCUT2D eigenvalue weighted by Crippen LogP contribution is -2.40. The number of nitrogens with two attached hydrogens (primary N) is 1. The minimum atomic E-state index is -0.123. The van der Waals surface area contributed by atoms with Crippen LogP contribution in [-0.4, -0.2) is 18.0 Å². The Hall–Kier alpha value is -1.52. The molecule has 1 aliphatic rings. The van der Waals surface area contributed by atoms with Gasteiger partial charge in [0.15, 0.2) is 5.76 Å². The van der Waals surface area contributed by atoms with Crippen LogP contribution in [0.4, 0.5) is 0 Å². The molecule has 0 spiro atoms. The van der Waals surface area contributed by atoms with Crippen molar-refractivity contribution >= 4 is 29.3 Å². The van der Waals surface area contributed by atoms with Crippen molar-refractivity contribution in [2.24, 2.45) is 5.73 Å². The van der Waals surface area contributed by atoms with Crippen LogP contribution >= 0.6 is 12.4 Å². The number of hydrogen-bond donors (Lipinski definition) is 2. The molecular weight excluding hydrogens is 300 g/mol. The lowest BCUT2D eigenvalue weighted by Gasteiger charge is -2.26. The van der Waals surface area contributed by atoms with E-state index in [1.165, 1.54) is 11.1 Å². The highest BCUT2D eigenvalue weighted by molar-refractivity contribution is 5.96. The maximum Gasteiger partial charge on any atom is 0.287 e. The van der Waals surface area contributed by atoms with Crippen molar-refractivity contribution in [3.63, 3.8) is 0 Å². The molecule has 1 aliphatic carbocycles. The maximum absolute atomic E-state index is 12.3. The van der Waals surface area contributed by atoms with Crippen LogP contribution < -0.4 is 11.1 Å². The van der Waals surface area contributed by atoms with Crippen LogP contribution in [0.2, 0.25) is 0 Å². The summed E-state index contributed by atoms with van der Waals surface area (Å²) in [5, 5.41) is 4.04. The molecule has 2 aromatic rings. The molecule has 1 aromatic heterocycles. The van der Waals surface area contributed by atoms with Crippen molar-refractivity contribution in [1.29, 1.82) is 0 Å². The lowest BCUT2D eigenvalue weighted by molar-refractivity contribution is 0.0900. The van der Waals surface area contributed by atoms with Gasteiger partial charge in [-0.25, -0.2) is 0 Å². The van der Waals surface area contributed by atoms with Gasteiger partial charge in [-0.2, -0.15) is 0 Å². The molecule has 1 aromatic carbocycles. The van der Waals surface area contributed by atoms with Crippen LogP contribution in [0.5, 0.6) is 0 Å². The van der Waals surface area contributed by atoms with Gasteiger partial charge in [0, 0.05) is 17.5 Å². The summed E-state index contributed by atoms with van der Waals surface area (Å²) in [5.41, 5.74) is 9.04. The molecule has 1 fully saturated rings. The highest BCUT2D eigenvalue weighted by atomic mass is 35.5. The van der Waals surface area contributed by atoms with Crippen LogP contribution in [0, 0.1) is 13.8 Å². The molecule has 4 nitrogen and oxygen atoms in total. The third-order valence-electron chi connectivity index (χ3n) is 4.46. The summed E-state index contributed by atoms with van der Waals surface area (Å²) >= 11 is 0. The highest BCUT2D eigenvalue weighted by Crippen LogP contribution is 2.24. The van der Waals surface area contributed by atoms with Gasteiger partial charge in [0.2, 0.25) is 0 Å². The molecule has 3 rings (SSSR count). The number of carbonyl (C=O) groups is 1. The van der Waals surface area contributed by atoms with E-state index in [1.807, 2.05) is 19.1 Å². The normalized spacial score (nSPS) is 21.4. The maximum atomic E-state index is 12.3. The molecule has 0 aliphatic heterocycles. The molecule has 5 heteroatoms. The van der Waals surface area contributed by atoms with Gasteiger partial charge < -0.3 is 15.5 Å². The smallest absolute Gasteiger partial charge is 0.287 e. The Balaban J connectivity index is 0.00000176. The Morgan fingerprint density at radius 3 is 2.45 bits per heavy atom. The molecule has 1 heterocycles. The van der Waals surface area contributed by atoms with E-state index < -0.39 is 0 Å². The molecule has 3 N–H and O–H groups in total. The number of hydrogen-bond acceptors (Lipinski definition) is 3. The fourth-order valence-electron chi connectivity index (χ4n) is 2.93. The van der Waals surface area contributed by atoms with Crippen molar-refractivity contribution in [3.05, 3.63) is 35.1 Å². The first-order valence-electron chi connectivity index (χ1n) is 7.60. The van der Waals surface area contributed by atoms with Crippen molar-refractivity contribution in [1.82, 2.24) is 5.32 Å². The Morgan fingerprint density at radius 1 is 1.14 bits per heavy atom. The monoisotopic (exact) mass is 322 g/mol. The van der Waals surface area contributed by atoms with Gasteiger partial charge in [0.1, 0.15) is 5.58 Å². The first-order valence-corrected chi connectivity index (χ1v) is 7.60. The SMILES string of the molecule is Cc1cc2cc(C(=O)NC3CCC(N)CC3)oc2cc1C.Cl. The number of carbonyl (C=O) groups excluding carboxylic acids is 1. The summed E-state index contributed by atoms with van der Waals surface area (Å²) < 4.78 is 5.69. The summed E-state index contributed by atoms with van der Waals surface area (Å²) in [5.74, 6) is 0.270. The summed E-state index contributed by atoms with van der Waals surface area (Å²) in [6.07, 6.45) is 3.85. The van der Waals surface area contributed by atoms with Gasteiger partial charge in [-0.15, -0.1) is 12.4 Å². The van der Waals surface area contributed by atoms with E-state index in [0.29, 0.717) is 5.76 Å². The standard InChI is InChI=1S/C17H22N2O2.ClH/c1-10-7-12-9-16(21-15(12)8-11(10)2)17(20)19-14-5-3-13(18)4-6-14;/h7-9,13-14H,3-6,18H2,1-2H3,(H,19,20);1H. The van der Waals surface area contributed by atoms with Crippen LogP contribution in [0.15, 0.2) is 22.6 Å². The van der Waals surface area contributed by atoms with Crippen molar-refractivity contribution < 1.29 is 9.21 Å². The Morgan fingerprint density at radius 2 is 1.77 bits per heavy atom. The number of amides is 1. The average molecular weight is 323 g/mol. The van der Waals surface area contributed by atoms with Crippen LogP contribution in [0.3, 0.4) is 0 Å². The van der Waals surface area contributed by atoms with Gasteiger partial charge >= 0.3 is 0 Å². The number of rotatable bonds is 2. The molecule has 0 saturated heterocycles. The van der Waals surface area contributed by atoms with E-state index in [2.05, 4.69) is 18.3 Å². The fraction of sp³-hybridized carbons (Fsp3) is 0.471. The molecule has 1 amide bonds. The summed E-state index contributed by atoms with van der Waals surface area (Å²) in [6.45, 7) is 4.11. The van der Waals surface area contributed by atoms with E-state index in [1.54, 1.807) is 0 Å². The number of furan rings is 1. The fourth-order valence-corrected chi connectivity index (χ4v) is 2.93. The zero-order valence-corrected chi connectivity index (χ0v) is 13.8. The van der Waals surface area contributed by atoms with E-state index in [0.717, 1.165) is 36.7 Å². The van der Waals surface area contributed by atoms with E-state index in [4.69, 9.17) is 10.2 Å². The molecule has 1 saturated carbocycles. The second-order valence-electron chi connectivity index (χ2n) is 6.17. The van der Waals surface area contributed by atoms with Gasteiger partial charge in [0.25, 0.3) is 5.91 Å². The largest absolute Gasteiger partial charge is 0.451 e. The average Bonchev–Trinajstić information content (AvgIpc) is 2.85. The van der Waals surface area contributed by atoms with Gasteiger partial charge in [-0.05, 0) is 68.9 Å². The number of nitrogens with one attached hydrogen (secondary N) is 1. The second-order valence-corrected chi connectivity index (χ2v) is 6.17. The lowest BCUT2D eigenvalue weighted by atomic mass is 9.92. The molecule has 0 unspecified atom stereocenters. The predicted octanol–water partition coefficient (Wildman–Crippen LogP) is 3.47. The third-order valence-corrected chi connectivity index (χ3v) is 4.46. The first-order chi connectivity index (χ1) is 10.0. The zero-order valence-electron chi connectivity index (χ0n) is 13.0. The minimum absolute atomic E-state index is 0. The molecule has 0 atom stereocenters. The quantitative estimate of drug-likeness (QED) is 0.889. The van der Waals surface area contributed by atoms with Crippen molar-refractivity contribution in [2.45, 2.75) is 51.6 Å². The molecular formula is C17H23ClN2O2. The Labute approximate surface area is 136 Å². The van der Waals surface area contributed by atoms with Gasteiger partial charge in [0.05, 0.1) is 0 Å². The number of benzene rings is 1. The first kappa shape index (κ1) is 16.8. The zero-order chi connectivity index (χ0) is 15.0. The molecule has 22 heavy (non-hydrogen) atoms. The van der Waals surface area contributed by atoms with E-state index >= 15 is 0 Å². The van der Waals surface area contributed by atoms with Gasteiger partial charge in [-0.3, -0.25) is 4.79 Å². The third kappa shape index (κ3) is 3.45. The van der Waals surface area contributed by atoms with Crippen molar-refractivity contribution in [2.75, 3.05) is 0 Å². The van der Waals surface area contributed by atoms with Crippen LogP contribution in [0.1, 0.15) is 47.4 Å². The number of aryl methyl sites for hydroxylation is 2. The summed E-state index contributed by atoms with van der Waals surface area (Å²) in [6, 6.07) is 6.38. The van der Waals surface area contributed by atoms with Crippen LogP contribution in [0.25, 0.3) is 11.0 Å². The number of fused-ring (bicyclic) bond motifs is 1. The Kier molecular flexibility index (Phi) is 5.14. The van der Waals surface area contributed by atoms with Crippen molar-refractivity contribution in [3.8, 4) is 0 Å². The van der Waals surface area contributed by atoms with E-state index in [9.17, 15) is 4.79 Å². The highest BCUT2D eigenvalue weighted by Gasteiger charge is 2.22. The Bertz CT molecular complexity index is 634. The van der Waals surface area contributed by atoms with Crippen LogP contribution in [-0.2, 0) is 0 Å². The predicted molar refractivity (Wildman–Crippen MR) is 90.6 cm³/mol. The molecule has 120 valence electrons. The minimum Gasteiger partial charge on any atom is -0.451 e.